The monoisotopic (exact) mass is 335 g/mol. The van der Waals surface area contributed by atoms with Crippen LogP contribution >= 0.6 is 0 Å². The molecular weight excluding hydrogens is 317 g/mol. The van der Waals surface area contributed by atoms with E-state index in [1.54, 1.807) is 16.8 Å². The van der Waals surface area contributed by atoms with E-state index in [0.29, 0.717) is 29.4 Å². The minimum Gasteiger partial charge on any atom is -0.310 e. The van der Waals surface area contributed by atoms with Crippen molar-refractivity contribution in [1.82, 2.24) is 9.78 Å². The first-order valence-corrected chi connectivity index (χ1v) is 9.09. The summed E-state index contributed by atoms with van der Waals surface area (Å²) in [4.78, 5) is 12.1. The molecule has 0 radical (unpaired) electrons. The van der Waals surface area contributed by atoms with Crippen molar-refractivity contribution in [2.75, 3.05) is 5.32 Å². The molecule has 122 valence electrons. The molecule has 0 spiro atoms. The largest absolute Gasteiger partial charge is 0.310 e. The third-order valence-electron chi connectivity index (χ3n) is 3.76. The van der Waals surface area contributed by atoms with Gasteiger partial charge in [-0.1, -0.05) is 13.3 Å². The number of unbranched alkanes of at least 4 members (excludes halogenated alkanes) is 1. The standard InChI is InChI=1S/C16H18FN3O2S/c1-2-3-4-15(21)18-16-13-9-23(22)10-14(13)19-20(16)12-7-5-11(17)6-8-12/h5-8H,2-4,9-10H2,1H3,(H,18,21)/t23-/m0/s1. The Morgan fingerprint density at radius 2 is 2.09 bits per heavy atom. The average Bonchev–Trinajstić information content (AvgIpc) is 3.03. The number of carbonyl (C=O) groups is 1. The van der Waals surface area contributed by atoms with Gasteiger partial charge in [-0.3, -0.25) is 9.00 Å². The van der Waals surface area contributed by atoms with Crippen molar-refractivity contribution < 1.29 is 13.4 Å². The first kappa shape index (κ1) is 15.9. The van der Waals surface area contributed by atoms with E-state index < -0.39 is 10.8 Å². The first-order valence-electron chi connectivity index (χ1n) is 7.60. The quantitative estimate of drug-likeness (QED) is 0.914. The van der Waals surface area contributed by atoms with Gasteiger partial charge in [-0.25, -0.2) is 9.07 Å². The zero-order chi connectivity index (χ0) is 16.4. The van der Waals surface area contributed by atoms with E-state index in [0.717, 1.165) is 24.1 Å². The van der Waals surface area contributed by atoms with Gasteiger partial charge in [0.2, 0.25) is 5.91 Å². The number of aromatic nitrogens is 2. The molecule has 0 unspecified atom stereocenters. The molecule has 5 nitrogen and oxygen atoms in total. The second-order valence-corrected chi connectivity index (χ2v) is 7.00. The van der Waals surface area contributed by atoms with Crippen LogP contribution in [0, 0.1) is 5.82 Å². The Hall–Kier alpha value is -2.02. The summed E-state index contributed by atoms with van der Waals surface area (Å²) in [5.41, 5.74) is 2.22. The molecule has 0 saturated carbocycles. The minimum atomic E-state index is -0.974. The van der Waals surface area contributed by atoms with Crippen LogP contribution in [-0.4, -0.2) is 19.9 Å². The van der Waals surface area contributed by atoms with Gasteiger partial charge in [-0.15, -0.1) is 0 Å². The van der Waals surface area contributed by atoms with E-state index in [9.17, 15) is 13.4 Å². The second kappa shape index (κ2) is 6.62. The highest BCUT2D eigenvalue weighted by molar-refractivity contribution is 7.83. The highest BCUT2D eigenvalue weighted by atomic mass is 32.2. The Morgan fingerprint density at radius 3 is 2.78 bits per heavy atom. The summed E-state index contributed by atoms with van der Waals surface area (Å²) in [5.74, 6) is 0.915. The maximum atomic E-state index is 13.1. The molecule has 1 aliphatic rings. The molecule has 3 rings (SSSR count). The van der Waals surface area contributed by atoms with Crippen LogP contribution in [0.15, 0.2) is 24.3 Å². The van der Waals surface area contributed by atoms with E-state index in [1.807, 2.05) is 6.92 Å². The van der Waals surface area contributed by atoms with Crippen LogP contribution in [0.4, 0.5) is 10.2 Å². The lowest BCUT2D eigenvalue weighted by molar-refractivity contribution is -0.116. The maximum Gasteiger partial charge on any atom is 0.225 e. The zero-order valence-corrected chi connectivity index (χ0v) is 13.7. The Bertz CT molecular complexity index is 755. The molecule has 0 aliphatic carbocycles. The van der Waals surface area contributed by atoms with Gasteiger partial charge in [0, 0.05) is 22.8 Å². The molecule has 23 heavy (non-hydrogen) atoms. The first-order chi connectivity index (χ1) is 11.1. The lowest BCUT2D eigenvalue weighted by atomic mass is 10.2. The lowest BCUT2D eigenvalue weighted by Crippen LogP contribution is -2.16. The third kappa shape index (κ3) is 3.34. The second-order valence-electron chi connectivity index (χ2n) is 5.54. The van der Waals surface area contributed by atoms with Crippen LogP contribution in [0.2, 0.25) is 0 Å². The summed E-state index contributed by atoms with van der Waals surface area (Å²) < 4.78 is 26.5. The van der Waals surface area contributed by atoms with Crippen LogP contribution in [0.5, 0.6) is 0 Å². The van der Waals surface area contributed by atoms with Crippen molar-refractivity contribution in [1.29, 1.82) is 0 Å². The van der Waals surface area contributed by atoms with E-state index in [1.165, 1.54) is 12.1 Å². The molecule has 1 atom stereocenters. The third-order valence-corrected chi connectivity index (χ3v) is 4.96. The summed E-state index contributed by atoms with van der Waals surface area (Å²) in [5, 5.41) is 7.35. The molecule has 0 saturated heterocycles. The van der Waals surface area contributed by atoms with Gasteiger partial charge in [0.25, 0.3) is 0 Å². The Labute approximate surface area is 136 Å². The highest BCUT2D eigenvalue weighted by Gasteiger charge is 2.28. The molecule has 2 aromatic rings. The Balaban J connectivity index is 1.96. The number of anilines is 1. The van der Waals surface area contributed by atoms with Gasteiger partial charge in [0.1, 0.15) is 11.6 Å². The molecule has 1 aliphatic heterocycles. The minimum absolute atomic E-state index is 0.0874. The summed E-state index contributed by atoms with van der Waals surface area (Å²) >= 11 is 0. The molecule has 2 heterocycles. The van der Waals surface area contributed by atoms with Gasteiger partial charge >= 0.3 is 0 Å². The number of halogens is 1. The SMILES string of the molecule is CCCCC(=O)Nc1c2c(nn1-c1ccc(F)cc1)C[S@@](=O)C2. The number of nitrogens with zero attached hydrogens (tertiary/aromatic N) is 2. The van der Waals surface area contributed by atoms with Crippen molar-refractivity contribution in [3.05, 3.63) is 41.3 Å². The van der Waals surface area contributed by atoms with Crippen molar-refractivity contribution in [2.45, 2.75) is 37.7 Å². The van der Waals surface area contributed by atoms with Crippen molar-refractivity contribution in [3.63, 3.8) is 0 Å². The molecule has 7 heteroatoms. The van der Waals surface area contributed by atoms with Gasteiger partial charge in [-0.2, -0.15) is 5.10 Å². The number of hydrogen-bond acceptors (Lipinski definition) is 3. The van der Waals surface area contributed by atoms with E-state index in [2.05, 4.69) is 10.4 Å². The molecule has 1 aromatic carbocycles. The molecule has 1 N–H and O–H groups in total. The predicted octanol–water partition coefficient (Wildman–Crippen LogP) is 2.90. The van der Waals surface area contributed by atoms with Crippen LogP contribution in [-0.2, 0) is 27.1 Å². The summed E-state index contributed by atoms with van der Waals surface area (Å²) in [6, 6.07) is 5.91. The Morgan fingerprint density at radius 1 is 1.35 bits per heavy atom. The fraction of sp³-hybridized carbons (Fsp3) is 0.375. The molecule has 1 amide bonds. The topological polar surface area (TPSA) is 64.0 Å². The fourth-order valence-electron chi connectivity index (χ4n) is 2.56. The van der Waals surface area contributed by atoms with Crippen LogP contribution in [0.25, 0.3) is 5.69 Å². The number of benzene rings is 1. The normalized spacial score (nSPS) is 16.3. The number of rotatable bonds is 5. The summed E-state index contributed by atoms with van der Waals surface area (Å²) in [6.07, 6.45) is 2.18. The van der Waals surface area contributed by atoms with Crippen LogP contribution in [0.1, 0.15) is 37.4 Å². The molecule has 0 fully saturated rings. The van der Waals surface area contributed by atoms with Gasteiger partial charge in [0.15, 0.2) is 0 Å². The van der Waals surface area contributed by atoms with Gasteiger partial charge < -0.3 is 5.32 Å². The van der Waals surface area contributed by atoms with Crippen LogP contribution in [0.3, 0.4) is 0 Å². The van der Waals surface area contributed by atoms with E-state index in [4.69, 9.17) is 0 Å². The highest BCUT2D eigenvalue weighted by Crippen LogP contribution is 2.31. The van der Waals surface area contributed by atoms with E-state index in [-0.39, 0.29) is 11.7 Å². The number of amides is 1. The Kier molecular flexibility index (Phi) is 4.56. The maximum absolute atomic E-state index is 13.1. The smallest absolute Gasteiger partial charge is 0.225 e. The predicted molar refractivity (Wildman–Crippen MR) is 87.2 cm³/mol. The van der Waals surface area contributed by atoms with Crippen molar-refractivity contribution in [2.24, 2.45) is 0 Å². The number of nitrogens with one attached hydrogen (secondary N) is 1. The number of hydrogen-bond donors (Lipinski definition) is 1. The molecule has 1 aromatic heterocycles. The number of fused-ring (bicyclic) bond motifs is 1. The van der Waals surface area contributed by atoms with Gasteiger partial charge in [-0.05, 0) is 30.7 Å². The number of carbonyl (C=O) groups excluding carboxylic acids is 1. The fourth-order valence-corrected chi connectivity index (χ4v) is 3.82. The van der Waals surface area contributed by atoms with Crippen molar-refractivity contribution in [3.8, 4) is 5.69 Å². The van der Waals surface area contributed by atoms with Crippen molar-refractivity contribution >= 4 is 22.5 Å². The zero-order valence-electron chi connectivity index (χ0n) is 12.8. The van der Waals surface area contributed by atoms with Gasteiger partial charge in [0.05, 0.1) is 22.9 Å². The lowest BCUT2D eigenvalue weighted by Gasteiger charge is -2.11. The summed E-state index contributed by atoms with van der Waals surface area (Å²) in [7, 11) is -0.974. The molecular formula is C16H18FN3O2S. The summed E-state index contributed by atoms with van der Waals surface area (Å²) in [6.45, 7) is 2.02. The average molecular weight is 335 g/mol. The van der Waals surface area contributed by atoms with E-state index >= 15 is 0 Å². The van der Waals surface area contributed by atoms with Crippen LogP contribution < -0.4 is 5.32 Å². The molecule has 0 bridgehead atoms.